The number of carbonyl (C=O) groups excluding carboxylic acids is 2. The molecule has 7 heteroatoms. The molecule has 1 atom stereocenters. The maximum absolute atomic E-state index is 13.9. The molecule has 0 bridgehead atoms. The summed E-state index contributed by atoms with van der Waals surface area (Å²) < 4.78 is 0. The first-order valence-corrected chi connectivity index (χ1v) is 12.2. The van der Waals surface area contributed by atoms with Crippen LogP contribution < -0.4 is 15.5 Å². The van der Waals surface area contributed by atoms with Gasteiger partial charge in [0.25, 0.3) is 5.91 Å². The Morgan fingerprint density at radius 3 is 2.25 bits per heavy atom. The highest BCUT2D eigenvalue weighted by Crippen LogP contribution is 2.46. The van der Waals surface area contributed by atoms with E-state index in [2.05, 4.69) is 10.6 Å². The van der Waals surface area contributed by atoms with Crippen LogP contribution in [-0.4, -0.2) is 18.4 Å². The van der Waals surface area contributed by atoms with E-state index < -0.39 is 5.54 Å². The van der Waals surface area contributed by atoms with Crippen molar-refractivity contribution in [2.75, 3.05) is 22.1 Å². The van der Waals surface area contributed by atoms with E-state index in [1.54, 1.807) is 18.2 Å². The van der Waals surface area contributed by atoms with Gasteiger partial charge in [0.2, 0.25) is 5.91 Å². The van der Waals surface area contributed by atoms with Gasteiger partial charge in [0, 0.05) is 39.1 Å². The molecule has 0 fully saturated rings. The minimum atomic E-state index is -1.22. The summed E-state index contributed by atoms with van der Waals surface area (Å²) in [5.41, 5.74) is 2.43. The number of anilines is 3. The molecule has 5 rings (SSSR count). The first-order valence-electron chi connectivity index (χ1n) is 11.5. The molecule has 0 spiro atoms. The van der Waals surface area contributed by atoms with Gasteiger partial charge in [0.15, 0.2) is 5.54 Å². The lowest BCUT2D eigenvalue weighted by molar-refractivity contribution is -0.121. The Morgan fingerprint density at radius 1 is 0.833 bits per heavy atom. The van der Waals surface area contributed by atoms with Crippen LogP contribution in [-0.2, 0) is 21.5 Å². The molecule has 5 nitrogen and oxygen atoms in total. The quantitative estimate of drug-likeness (QED) is 0.294. The molecule has 1 unspecified atom stereocenters. The van der Waals surface area contributed by atoms with Gasteiger partial charge in [-0.15, -0.1) is 0 Å². The highest BCUT2D eigenvalue weighted by molar-refractivity contribution is 6.31. The second kappa shape index (κ2) is 10.1. The van der Waals surface area contributed by atoms with Crippen molar-refractivity contribution in [3.63, 3.8) is 0 Å². The number of para-hydroxylation sites is 2. The molecule has 0 radical (unpaired) electrons. The van der Waals surface area contributed by atoms with Crippen LogP contribution in [0.25, 0.3) is 0 Å². The number of benzene rings is 4. The summed E-state index contributed by atoms with van der Waals surface area (Å²) in [6.45, 7) is -0.0606. The fourth-order valence-electron chi connectivity index (χ4n) is 4.73. The fraction of sp³-hybridized carbons (Fsp3) is 0.103. The van der Waals surface area contributed by atoms with Gasteiger partial charge in [-0.25, -0.2) is 0 Å². The van der Waals surface area contributed by atoms with Gasteiger partial charge in [-0.05, 0) is 54.1 Å². The molecule has 0 aromatic heterocycles. The van der Waals surface area contributed by atoms with Crippen molar-refractivity contribution in [1.82, 2.24) is 0 Å². The Bertz CT molecular complexity index is 1410. The molecule has 4 aromatic carbocycles. The van der Waals surface area contributed by atoms with Gasteiger partial charge in [0.1, 0.15) is 0 Å². The normalized spacial score (nSPS) is 16.2. The average Bonchev–Trinajstić information content (AvgIpc) is 3.14. The molecule has 36 heavy (non-hydrogen) atoms. The molecule has 1 aliphatic rings. The number of hydrogen-bond donors (Lipinski definition) is 2. The van der Waals surface area contributed by atoms with E-state index in [1.165, 1.54) is 0 Å². The highest BCUT2D eigenvalue weighted by Gasteiger charge is 2.52. The topological polar surface area (TPSA) is 61.4 Å². The van der Waals surface area contributed by atoms with Crippen LogP contribution in [0, 0.1) is 0 Å². The van der Waals surface area contributed by atoms with Crippen LogP contribution in [0.2, 0.25) is 10.0 Å². The fourth-order valence-corrected chi connectivity index (χ4v) is 5.11. The van der Waals surface area contributed by atoms with E-state index in [1.807, 2.05) is 89.8 Å². The molecule has 2 amide bonds. The molecule has 1 heterocycles. The monoisotopic (exact) mass is 515 g/mol. The van der Waals surface area contributed by atoms with E-state index in [0.29, 0.717) is 27.8 Å². The zero-order chi connectivity index (χ0) is 25.1. The maximum Gasteiger partial charge on any atom is 0.255 e. The van der Waals surface area contributed by atoms with E-state index in [9.17, 15) is 9.59 Å². The molecule has 0 saturated carbocycles. The van der Waals surface area contributed by atoms with E-state index in [4.69, 9.17) is 23.2 Å². The van der Waals surface area contributed by atoms with Crippen LogP contribution in [0.3, 0.4) is 0 Å². The van der Waals surface area contributed by atoms with Crippen LogP contribution in [0.4, 0.5) is 17.1 Å². The minimum Gasteiger partial charge on any atom is -0.344 e. The third kappa shape index (κ3) is 4.68. The molecule has 2 N–H and O–H groups in total. The van der Waals surface area contributed by atoms with Crippen LogP contribution in [0.15, 0.2) is 103 Å². The van der Waals surface area contributed by atoms with Crippen LogP contribution >= 0.6 is 23.2 Å². The summed E-state index contributed by atoms with van der Waals surface area (Å²) in [5.74, 6) is -0.484. The Balaban J connectivity index is 1.65. The zero-order valence-electron chi connectivity index (χ0n) is 19.2. The Hall–Kier alpha value is -3.80. The van der Waals surface area contributed by atoms with Gasteiger partial charge >= 0.3 is 0 Å². The smallest absolute Gasteiger partial charge is 0.255 e. The number of halogens is 2. The van der Waals surface area contributed by atoms with Crippen molar-refractivity contribution in [3.8, 4) is 0 Å². The summed E-state index contributed by atoms with van der Waals surface area (Å²) in [4.78, 5) is 29.2. The molecular weight excluding hydrogens is 493 g/mol. The SMILES string of the molecule is O=C(CN(c1ccccc1)C1(Cc2cccc(Cl)c2)C(=O)Nc2cc(Cl)ccc21)Nc1ccccc1. The molecule has 0 saturated heterocycles. The van der Waals surface area contributed by atoms with Crippen molar-refractivity contribution in [3.05, 3.63) is 124 Å². The number of nitrogens with zero attached hydrogens (tertiary/aromatic N) is 1. The summed E-state index contributed by atoms with van der Waals surface area (Å²) in [5, 5.41) is 7.05. The lowest BCUT2D eigenvalue weighted by atomic mass is 9.82. The number of fused-ring (bicyclic) bond motifs is 1. The predicted octanol–water partition coefficient (Wildman–Crippen LogP) is 6.53. The average molecular weight is 516 g/mol. The van der Waals surface area contributed by atoms with Gasteiger partial charge < -0.3 is 15.5 Å². The third-order valence-corrected chi connectivity index (χ3v) is 6.76. The largest absolute Gasteiger partial charge is 0.344 e. The van der Waals surface area contributed by atoms with Gasteiger partial charge in [0.05, 0.1) is 6.54 Å². The van der Waals surface area contributed by atoms with E-state index in [-0.39, 0.29) is 18.4 Å². The van der Waals surface area contributed by atoms with Crippen molar-refractivity contribution >= 4 is 52.1 Å². The molecule has 4 aromatic rings. The number of rotatable bonds is 7. The van der Waals surface area contributed by atoms with Gasteiger partial charge in [-0.2, -0.15) is 0 Å². The number of nitrogens with one attached hydrogen (secondary N) is 2. The van der Waals surface area contributed by atoms with Gasteiger partial charge in [-0.1, -0.05) is 77.8 Å². The van der Waals surface area contributed by atoms with E-state index >= 15 is 0 Å². The molecule has 180 valence electrons. The first kappa shape index (κ1) is 23.9. The zero-order valence-corrected chi connectivity index (χ0v) is 20.8. The Kier molecular flexibility index (Phi) is 6.68. The summed E-state index contributed by atoms with van der Waals surface area (Å²) in [6.07, 6.45) is 0.293. The lowest BCUT2D eigenvalue weighted by Gasteiger charge is -2.41. The summed E-state index contributed by atoms with van der Waals surface area (Å²) in [6, 6.07) is 31.5. The van der Waals surface area contributed by atoms with Crippen LogP contribution in [0.5, 0.6) is 0 Å². The standard InChI is InChI=1S/C29H23Cl2N3O2/c30-21-9-7-8-20(16-21)18-29(25-15-14-22(31)17-26(25)33-28(29)36)34(24-12-5-2-6-13-24)19-27(35)32-23-10-3-1-4-11-23/h1-17H,18-19H2,(H,32,35)(H,33,36). The van der Waals surface area contributed by atoms with Gasteiger partial charge in [-0.3, -0.25) is 9.59 Å². The summed E-state index contributed by atoms with van der Waals surface area (Å²) in [7, 11) is 0. The molecular formula is C29H23Cl2N3O2. The Labute approximate surface area is 219 Å². The maximum atomic E-state index is 13.9. The Morgan fingerprint density at radius 2 is 1.53 bits per heavy atom. The van der Waals surface area contributed by atoms with Crippen molar-refractivity contribution in [2.45, 2.75) is 12.0 Å². The number of hydrogen-bond acceptors (Lipinski definition) is 3. The second-order valence-corrected chi connectivity index (χ2v) is 9.52. The third-order valence-electron chi connectivity index (χ3n) is 6.29. The molecule has 0 aliphatic carbocycles. The number of carbonyl (C=O) groups is 2. The van der Waals surface area contributed by atoms with Crippen molar-refractivity contribution in [2.24, 2.45) is 0 Å². The lowest BCUT2D eigenvalue weighted by Crippen LogP contribution is -2.55. The van der Waals surface area contributed by atoms with Crippen LogP contribution in [0.1, 0.15) is 11.1 Å². The second-order valence-electron chi connectivity index (χ2n) is 8.65. The van der Waals surface area contributed by atoms with Crippen molar-refractivity contribution in [1.29, 1.82) is 0 Å². The molecule has 1 aliphatic heterocycles. The first-order chi connectivity index (χ1) is 17.5. The number of amides is 2. The van der Waals surface area contributed by atoms with E-state index in [0.717, 1.165) is 16.8 Å². The van der Waals surface area contributed by atoms with Crippen molar-refractivity contribution < 1.29 is 9.59 Å². The summed E-state index contributed by atoms with van der Waals surface area (Å²) >= 11 is 12.6. The predicted molar refractivity (Wildman–Crippen MR) is 146 cm³/mol. The minimum absolute atomic E-state index is 0.0606. The highest BCUT2D eigenvalue weighted by atomic mass is 35.5.